The summed E-state index contributed by atoms with van der Waals surface area (Å²) < 4.78 is 0. The van der Waals surface area contributed by atoms with Crippen LogP contribution in [0.5, 0.6) is 0 Å². The number of nitrogens with zero attached hydrogens (tertiary/aromatic N) is 1. The summed E-state index contributed by atoms with van der Waals surface area (Å²) in [5.74, 6) is 1.07. The molecule has 3 nitrogen and oxygen atoms in total. The fraction of sp³-hybridized carbons (Fsp3) is 0.562. The molecule has 4 heteroatoms. The van der Waals surface area contributed by atoms with Gasteiger partial charge >= 0.3 is 5.97 Å². The molecule has 1 heterocycles. The van der Waals surface area contributed by atoms with Gasteiger partial charge in [0.25, 0.3) is 0 Å². The second-order valence-corrected chi connectivity index (χ2v) is 7.02. The lowest BCUT2D eigenvalue weighted by Gasteiger charge is -2.40. The monoisotopic (exact) mass is 293 g/mol. The maximum Gasteiger partial charge on any atom is 0.323 e. The fourth-order valence-electron chi connectivity index (χ4n) is 3.59. The first-order valence-electron chi connectivity index (χ1n) is 7.13. The number of carboxylic acids is 1. The Labute approximate surface area is 124 Å². The average Bonchev–Trinajstić information content (AvgIpc) is 2.70. The Morgan fingerprint density at radius 3 is 2.55 bits per heavy atom. The second-order valence-electron chi connectivity index (χ2n) is 6.59. The standard InChI is InChI=1S/C16H20ClNO2/c1-16(2,15(19)20)18-8-11-7-13(14(11)9-18)10-3-5-12(17)6-4-10/h3-6,11,13-14H,7-9H2,1-2H3,(H,19,20)/t11-,13-,14+/m0/s1. The molecular formula is C16H20ClNO2. The molecule has 1 aliphatic carbocycles. The maximum atomic E-state index is 11.4. The molecule has 1 saturated carbocycles. The van der Waals surface area contributed by atoms with Crippen molar-refractivity contribution in [2.45, 2.75) is 31.7 Å². The third kappa shape index (κ3) is 2.13. The van der Waals surface area contributed by atoms with Gasteiger partial charge in [-0.25, -0.2) is 0 Å². The van der Waals surface area contributed by atoms with E-state index in [-0.39, 0.29) is 0 Å². The summed E-state index contributed by atoms with van der Waals surface area (Å²) in [6.45, 7) is 5.40. The number of likely N-dealkylation sites (tertiary alicyclic amines) is 1. The third-order valence-electron chi connectivity index (χ3n) is 5.18. The molecule has 2 aliphatic rings. The average molecular weight is 294 g/mol. The van der Waals surface area contributed by atoms with E-state index in [1.165, 1.54) is 12.0 Å². The number of benzene rings is 1. The zero-order valence-corrected chi connectivity index (χ0v) is 12.6. The summed E-state index contributed by atoms with van der Waals surface area (Å²) in [4.78, 5) is 13.5. The molecule has 20 heavy (non-hydrogen) atoms. The van der Waals surface area contributed by atoms with Crippen LogP contribution < -0.4 is 0 Å². The topological polar surface area (TPSA) is 40.5 Å². The van der Waals surface area contributed by atoms with E-state index in [2.05, 4.69) is 17.0 Å². The molecule has 0 unspecified atom stereocenters. The van der Waals surface area contributed by atoms with Crippen molar-refractivity contribution in [3.05, 3.63) is 34.9 Å². The Balaban J connectivity index is 1.72. The van der Waals surface area contributed by atoms with Crippen LogP contribution in [0, 0.1) is 11.8 Å². The Morgan fingerprint density at radius 2 is 1.95 bits per heavy atom. The van der Waals surface area contributed by atoms with E-state index in [1.807, 2.05) is 12.1 Å². The van der Waals surface area contributed by atoms with Crippen molar-refractivity contribution in [2.24, 2.45) is 11.8 Å². The first-order chi connectivity index (χ1) is 9.39. The van der Waals surface area contributed by atoms with Gasteiger partial charge in [0.15, 0.2) is 0 Å². The van der Waals surface area contributed by atoms with Crippen LogP contribution in [0.15, 0.2) is 24.3 Å². The number of carbonyl (C=O) groups is 1. The highest BCUT2D eigenvalue weighted by atomic mass is 35.5. The normalized spacial score (nSPS) is 29.9. The van der Waals surface area contributed by atoms with Gasteiger partial charge < -0.3 is 5.11 Å². The van der Waals surface area contributed by atoms with Gasteiger partial charge in [-0.15, -0.1) is 0 Å². The predicted molar refractivity (Wildman–Crippen MR) is 79.1 cm³/mol. The van der Waals surface area contributed by atoms with Gasteiger partial charge in [-0.2, -0.15) is 0 Å². The number of halogens is 1. The van der Waals surface area contributed by atoms with E-state index in [0.29, 0.717) is 17.8 Å². The van der Waals surface area contributed by atoms with E-state index in [9.17, 15) is 9.90 Å². The SMILES string of the molecule is CC(C)(C(=O)O)N1C[C@@H]2C[C@@H](c3ccc(Cl)cc3)[C@@H]2C1. The summed E-state index contributed by atoms with van der Waals surface area (Å²) >= 11 is 5.93. The largest absolute Gasteiger partial charge is 0.480 e. The Morgan fingerprint density at radius 1 is 1.30 bits per heavy atom. The molecule has 0 spiro atoms. The molecule has 108 valence electrons. The van der Waals surface area contributed by atoms with Gasteiger partial charge in [-0.1, -0.05) is 23.7 Å². The van der Waals surface area contributed by atoms with E-state index in [1.54, 1.807) is 13.8 Å². The smallest absolute Gasteiger partial charge is 0.323 e. The van der Waals surface area contributed by atoms with Gasteiger partial charge in [-0.3, -0.25) is 9.69 Å². The first-order valence-corrected chi connectivity index (χ1v) is 7.51. The molecule has 0 aromatic heterocycles. The molecule has 1 aliphatic heterocycles. The molecule has 0 amide bonds. The van der Waals surface area contributed by atoms with Crippen LogP contribution in [0.4, 0.5) is 0 Å². The number of carboxylic acid groups (broad SMARTS) is 1. The summed E-state index contributed by atoms with van der Waals surface area (Å²) in [5, 5.41) is 10.1. The quantitative estimate of drug-likeness (QED) is 0.930. The lowest BCUT2D eigenvalue weighted by molar-refractivity contribution is -0.148. The van der Waals surface area contributed by atoms with Crippen molar-refractivity contribution in [1.82, 2.24) is 4.90 Å². The summed E-state index contributed by atoms with van der Waals surface area (Å²) in [7, 11) is 0. The number of rotatable bonds is 3. The molecule has 3 rings (SSSR count). The molecule has 1 saturated heterocycles. The minimum Gasteiger partial charge on any atom is -0.480 e. The Bertz CT molecular complexity index is 526. The van der Waals surface area contributed by atoms with Gasteiger partial charge in [0.2, 0.25) is 0 Å². The van der Waals surface area contributed by atoms with Crippen molar-refractivity contribution in [3.8, 4) is 0 Å². The van der Waals surface area contributed by atoms with Crippen LogP contribution in [-0.2, 0) is 4.79 Å². The van der Waals surface area contributed by atoms with Crippen molar-refractivity contribution in [3.63, 3.8) is 0 Å². The Kier molecular flexibility index (Phi) is 3.30. The number of hydrogen-bond acceptors (Lipinski definition) is 2. The molecule has 1 aromatic rings. The highest BCUT2D eigenvalue weighted by Gasteiger charge is 2.51. The highest BCUT2D eigenvalue weighted by Crippen LogP contribution is 2.52. The summed E-state index contributed by atoms with van der Waals surface area (Å²) in [6.07, 6.45) is 1.17. The minimum absolute atomic E-state index is 0.562. The fourth-order valence-corrected chi connectivity index (χ4v) is 3.72. The maximum absolute atomic E-state index is 11.4. The van der Waals surface area contributed by atoms with Crippen molar-refractivity contribution < 1.29 is 9.90 Å². The van der Waals surface area contributed by atoms with Crippen molar-refractivity contribution in [2.75, 3.05) is 13.1 Å². The lowest BCUT2D eigenvalue weighted by Crippen LogP contribution is -2.48. The van der Waals surface area contributed by atoms with Crippen LogP contribution in [0.25, 0.3) is 0 Å². The van der Waals surface area contributed by atoms with Gasteiger partial charge in [0.1, 0.15) is 5.54 Å². The Hall–Kier alpha value is -1.06. The van der Waals surface area contributed by atoms with Crippen LogP contribution in [-0.4, -0.2) is 34.6 Å². The molecule has 2 fully saturated rings. The number of hydrogen-bond donors (Lipinski definition) is 1. The molecule has 1 N–H and O–H groups in total. The predicted octanol–water partition coefficient (Wildman–Crippen LogP) is 3.24. The van der Waals surface area contributed by atoms with E-state index < -0.39 is 11.5 Å². The van der Waals surface area contributed by atoms with Crippen LogP contribution in [0.1, 0.15) is 31.7 Å². The van der Waals surface area contributed by atoms with Gasteiger partial charge in [-0.05, 0) is 55.7 Å². The zero-order valence-electron chi connectivity index (χ0n) is 11.8. The summed E-state index contributed by atoms with van der Waals surface area (Å²) in [6, 6.07) is 8.10. The molecule has 0 bridgehead atoms. The van der Waals surface area contributed by atoms with Gasteiger partial charge in [0.05, 0.1) is 0 Å². The number of aliphatic carboxylic acids is 1. The van der Waals surface area contributed by atoms with Crippen molar-refractivity contribution in [1.29, 1.82) is 0 Å². The third-order valence-corrected chi connectivity index (χ3v) is 5.43. The van der Waals surface area contributed by atoms with Gasteiger partial charge in [0, 0.05) is 18.1 Å². The van der Waals surface area contributed by atoms with E-state index in [0.717, 1.165) is 18.1 Å². The lowest BCUT2D eigenvalue weighted by atomic mass is 9.64. The summed E-state index contributed by atoms with van der Waals surface area (Å²) in [5.41, 5.74) is 0.577. The van der Waals surface area contributed by atoms with Crippen LogP contribution in [0.3, 0.4) is 0 Å². The first kappa shape index (κ1) is 13.9. The second kappa shape index (κ2) is 4.74. The molecule has 3 atom stereocenters. The zero-order chi connectivity index (χ0) is 14.5. The van der Waals surface area contributed by atoms with E-state index in [4.69, 9.17) is 11.6 Å². The molecule has 1 aromatic carbocycles. The van der Waals surface area contributed by atoms with Crippen LogP contribution >= 0.6 is 11.6 Å². The van der Waals surface area contributed by atoms with E-state index >= 15 is 0 Å². The van der Waals surface area contributed by atoms with Crippen molar-refractivity contribution >= 4 is 17.6 Å². The number of fused-ring (bicyclic) bond motifs is 1. The minimum atomic E-state index is -0.762. The highest BCUT2D eigenvalue weighted by molar-refractivity contribution is 6.30. The van der Waals surface area contributed by atoms with Crippen LogP contribution in [0.2, 0.25) is 5.02 Å². The molecular weight excluding hydrogens is 274 g/mol. The molecule has 0 radical (unpaired) electrons.